The average Bonchev–Trinajstić information content (AvgIpc) is 3.55. The molecule has 0 saturated heterocycles. The summed E-state index contributed by atoms with van der Waals surface area (Å²) in [5, 5.41) is 10.5. The van der Waals surface area contributed by atoms with Gasteiger partial charge in [0.15, 0.2) is 17.2 Å². The molecule has 1 unspecified atom stereocenters. The third kappa shape index (κ3) is 4.61. The Hall–Kier alpha value is -2.93. The minimum absolute atomic E-state index is 0.0435. The van der Waals surface area contributed by atoms with E-state index in [-0.39, 0.29) is 41.0 Å². The van der Waals surface area contributed by atoms with Gasteiger partial charge in [-0.1, -0.05) is 6.07 Å². The van der Waals surface area contributed by atoms with E-state index in [1.807, 2.05) is 41.1 Å². The first-order chi connectivity index (χ1) is 17.3. The van der Waals surface area contributed by atoms with E-state index in [4.69, 9.17) is 4.74 Å². The van der Waals surface area contributed by atoms with Gasteiger partial charge in [-0.3, -0.25) is 9.13 Å². The molecule has 1 atom stereocenters. The van der Waals surface area contributed by atoms with Gasteiger partial charge >= 0.3 is 0 Å². The van der Waals surface area contributed by atoms with Crippen LogP contribution in [0.4, 0.5) is 26.0 Å². The van der Waals surface area contributed by atoms with Gasteiger partial charge in [0.05, 0.1) is 24.9 Å². The molecule has 10 nitrogen and oxygen atoms in total. The van der Waals surface area contributed by atoms with Gasteiger partial charge in [0.1, 0.15) is 28.7 Å². The smallest absolute Gasteiger partial charge is 0.295 e. The summed E-state index contributed by atoms with van der Waals surface area (Å²) in [6.45, 7) is 3.64. The van der Waals surface area contributed by atoms with Crippen LogP contribution in [0, 0.1) is 19.8 Å². The number of aromatic nitrogens is 6. The highest BCUT2D eigenvalue weighted by molar-refractivity contribution is 14.2. The van der Waals surface area contributed by atoms with E-state index in [1.54, 1.807) is 23.7 Å². The summed E-state index contributed by atoms with van der Waals surface area (Å²) in [6, 6.07) is 7.05. The monoisotopic (exact) mass is 626 g/mol. The Morgan fingerprint density at radius 1 is 1.22 bits per heavy atom. The van der Waals surface area contributed by atoms with Gasteiger partial charge in [0, 0.05) is 12.0 Å². The molecule has 1 fully saturated rings. The number of carbonyl (C=O) groups is 1. The number of carbonyl (C=O) groups excluding carboxylic acids is 1. The van der Waals surface area contributed by atoms with Gasteiger partial charge in [-0.2, -0.15) is 5.10 Å². The van der Waals surface area contributed by atoms with Crippen LogP contribution in [0.1, 0.15) is 36.7 Å². The summed E-state index contributed by atoms with van der Waals surface area (Å²) < 4.78 is 36.4. The molecule has 5 rings (SSSR count). The molecule has 1 aromatic carbocycles. The number of anilines is 3. The highest BCUT2D eigenvalue weighted by Gasteiger charge is 2.30. The molecular weight excluding hydrogens is 604 g/mol. The Balaban J connectivity index is 1.64. The zero-order valence-electron chi connectivity index (χ0n) is 19.5. The molecule has 0 bridgehead atoms. The molecule has 1 saturated carbocycles. The lowest BCUT2D eigenvalue weighted by atomic mass is 10.2. The minimum Gasteiger partial charge on any atom is -0.492 e. The Morgan fingerprint density at radius 3 is 2.61 bits per heavy atom. The van der Waals surface area contributed by atoms with E-state index in [1.165, 1.54) is 11.4 Å². The number of rotatable bonds is 8. The first-order valence-electron chi connectivity index (χ1n) is 11.0. The van der Waals surface area contributed by atoms with Gasteiger partial charge in [0.2, 0.25) is 5.91 Å². The molecule has 14 heteroatoms. The second-order valence-electron chi connectivity index (χ2n) is 8.28. The molecule has 3 aromatic heterocycles. The zero-order chi connectivity index (χ0) is 25.6. The van der Waals surface area contributed by atoms with Crippen molar-refractivity contribution in [1.82, 2.24) is 29.1 Å². The van der Waals surface area contributed by atoms with Crippen molar-refractivity contribution >= 4 is 62.7 Å². The fraction of sp³-hybridized carbons (Fsp3) is 0.318. The predicted molar refractivity (Wildman–Crippen MR) is 142 cm³/mol. The number of imidazole rings is 1. The largest absolute Gasteiger partial charge is 0.492 e. The fourth-order valence-corrected chi connectivity index (χ4v) is 5.82. The van der Waals surface area contributed by atoms with E-state index in [2.05, 4.69) is 30.7 Å². The van der Waals surface area contributed by atoms with Crippen molar-refractivity contribution in [2.75, 3.05) is 17.7 Å². The summed E-state index contributed by atoms with van der Waals surface area (Å²) in [6.07, 6.45) is -1.19. The van der Waals surface area contributed by atoms with Crippen LogP contribution in [0.25, 0.3) is 16.9 Å². The second-order valence-corrected chi connectivity index (χ2v) is 10.3. The van der Waals surface area contributed by atoms with Gasteiger partial charge in [0.25, 0.3) is 6.43 Å². The molecule has 3 heterocycles. The van der Waals surface area contributed by atoms with Crippen molar-refractivity contribution in [3.8, 4) is 11.4 Å². The van der Waals surface area contributed by atoms with E-state index in [0.29, 0.717) is 34.5 Å². The Kier molecular flexibility index (Phi) is 6.77. The number of methoxy groups -OCH3 is 1. The van der Waals surface area contributed by atoms with Gasteiger partial charge in [-0.05, 0) is 60.9 Å². The number of aryl methyl sites for hydroxylation is 2. The molecule has 0 spiro atoms. The standard InChI is InChI=1S/C22H22F2IN8O2P/c1-10-26-11(2)32(31-10)15-6-4-5-13(18(15)35-3)27-14-9-16(29-22(34)12-7-8-12)28-20-17(14)30-21(19(23)24)33(20)36-25/h4-6,9,12,19,36H,7-8H2,1-3H3,(H2,27,28,29,34). The summed E-state index contributed by atoms with van der Waals surface area (Å²) >= 11 is 2.01. The highest BCUT2D eigenvalue weighted by atomic mass is 127. The summed E-state index contributed by atoms with van der Waals surface area (Å²) in [5.74, 6) is 1.47. The molecule has 0 radical (unpaired) electrons. The average molecular weight is 626 g/mol. The molecule has 1 aliphatic rings. The summed E-state index contributed by atoms with van der Waals surface area (Å²) in [7, 11) is 1.54. The number of ether oxygens (including phenoxy) is 1. The topological polar surface area (TPSA) is 112 Å². The number of nitrogens with one attached hydrogen (secondary N) is 2. The molecule has 2 N–H and O–H groups in total. The van der Waals surface area contributed by atoms with Crippen molar-refractivity contribution in [1.29, 1.82) is 0 Å². The minimum atomic E-state index is -2.78. The van der Waals surface area contributed by atoms with Crippen LogP contribution in [0.2, 0.25) is 0 Å². The Bertz CT molecular complexity index is 1470. The third-order valence-corrected chi connectivity index (χ3v) is 7.75. The summed E-state index contributed by atoms with van der Waals surface area (Å²) in [5.41, 5.74) is 2.13. The molecule has 1 amide bonds. The van der Waals surface area contributed by atoms with Crippen molar-refractivity contribution < 1.29 is 18.3 Å². The second kappa shape index (κ2) is 9.85. The van der Waals surface area contributed by atoms with Gasteiger partial charge in [-0.25, -0.2) is 28.4 Å². The zero-order valence-corrected chi connectivity index (χ0v) is 22.7. The molecule has 0 aliphatic heterocycles. The Morgan fingerprint density at radius 2 is 2.00 bits per heavy atom. The maximum Gasteiger partial charge on any atom is 0.295 e. The maximum atomic E-state index is 13.8. The number of fused-ring (bicyclic) bond motifs is 1. The van der Waals surface area contributed by atoms with Crippen LogP contribution < -0.4 is 15.4 Å². The Labute approximate surface area is 219 Å². The number of halogens is 3. The molecule has 1 aliphatic carbocycles. The third-order valence-electron chi connectivity index (χ3n) is 5.69. The van der Waals surface area contributed by atoms with Gasteiger partial charge in [-0.15, -0.1) is 0 Å². The first-order valence-corrected chi connectivity index (χ1v) is 15.1. The summed E-state index contributed by atoms with van der Waals surface area (Å²) in [4.78, 5) is 25.5. The normalized spacial score (nSPS) is 13.8. The highest BCUT2D eigenvalue weighted by Crippen LogP contribution is 2.40. The van der Waals surface area contributed by atoms with Crippen molar-refractivity contribution in [3.63, 3.8) is 0 Å². The lowest BCUT2D eigenvalue weighted by Gasteiger charge is -2.16. The maximum absolute atomic E-state index is 13.8. The van der Waals surface area contributed by atoms with E-state index < -0.39 is 6.43 Å². The van der Waals surface area contributed by atoms with Crippen LogP contribution in [-0.4, -0.2) is 42.1 Å². The molecule has 36 heavy (non-hydrogen) atoms. The van der Waals surface area contributed by atoms with Crippen molar-refractivity contribution in [3.05, 3.63) is 41.7 Å². The lowest BCUT2D eigenvalue weighted by molar-refractivity contribution is -0.117. The lowest BCUT2D eigenvalue weighted by Crippen LogP contribution is -2.14. The van der Waals surface area contributed by atoms with Crippen LogP contribution in [0.5, 0.6) is 5.75 Å². The number of alkyl halides is 2. The fourth-order valence-electron chi connectivity index (χ4n) is 3.93. The SMILES string of the molecule is COc1c(Nc2cc(NC(=O)C3CC3)nc3c2nc(C(F)F)n3PI)cccc1-n1nc(C)nc1C. The van der Waals surface area contributed by atoms with E-state index in [9.17, 15) is 13.6 Å². The molecule has 4 aromatic rings. The number of para-hydroxylation sites is 1. The van der Waals surface area contributed by atoms with Crippen molar-refractivity contribution in [2.45, 2.75) is 33.1 Å². The number of hydrogen-bond donors (Lipinski definition) is 2. The molecule has 188 valence electrons. The van der Waals surface area contributed by atoms with Crippen LogP contribution >= 0.6 is 28.4 Å². The van der Waals surface area contributed by atoms with Crippen LogP contribution in [0.15, 0.2) is 24.3 Å². The number of nitrogens with zero attached hydrogens (tertiary/aromatic N) is 6. The quantitative estimate of drug-likeness (QED) is 0.198. The van der Waals surface area contributed by atoms with Crippen LogP contribution in [-0.2, 0) is 4.79 Å². The van der Waals surface area contributed by atoms with E-state index in [0.717, 1.165) is 12.8 Å². The van der Waals surface area contributed by atoms with Crippen molar-refractivity contribution in [2.24, 2.45) is 5.92 Å². The number of benzene rings is 1. The van der Waals surface area contributed by atoms with Crippen LogP contribution in [0.3, 0.4) is 0 Å². The van der Waals surface area contributed by atoms with Gasteiger partial charge < -0.3 is 15.4 Å². The molecular formula is C22H22F2IN8O2P. The first kappa shape index (κ1) is 24.8. The number of pyridine rings is 1. The predicted octanol–water partition coefficient (Wildman–Crippen LogP) is 5.46. The van der Waals surface area contributed by atoms with E-state index >= 15 is 0 Å². The number of amides is 1. The number of hydrogen-bond acceptors (Lipinski definition) is 7.